The van der Waals surface area contributed by atoms with Crippen molar-refractivity contribution in [2.24, 2.45) is 0 Å². The zero-order valence-corrected chi connectivity index (χ0v) is 10.4. The van der Waals surface area contributed by atoms with Gasteiger partial charge in [0.15, 0.2) is 0 Å². The molecule has 0 saturated carbocycles. The smallest absolute Gasteiger partial charge is 0.324 e. The van der Waals surface area contributed by atoms with Gasteiger partial charge in [0.2, 0.25) is 0 Å². The maximum atomic E-state index is 11.1. The molecule has 6 nitrogen and oxygen atoms in total. The van der Waals surface area contributed by atoms with E-state index < -0.39 is 11.0 Å². The lowest BCUT2D eigenvalue weighted by molar-refractivity contribution is -0.392. The molecule has 3 rings (SSSR count). The number of para-hydroxylation sites is 1. The molecule has 1 aliphatic heterocycles. The number of hydrogen-bond acceptors (Lipinski definition) is 4. The summed E-state index contributed by atoms with van der Waals surface area (Å²) < 4.78 is 1.59. The highest BCUT2D eigenvalue weighted by Crippen LogP contribution is 2.25. The summed E-state index contributed by atoms with van der Waals surface area (Å²) in [6, 6.07) is 8.93. The van der Waals surface area contributed by atoms with Crippen LogP contribution in [0.15, 0.2) is 30.3 Å². The third-order valence-corrected chi connectivity index (χ3v) is 3.38. The summed E-state index contributed by atoms with van der Waals surface area (Å²) in [6.45, 7) is 2.83. The highest BCUT2D eigenvalue weighted by atomic mass is 16.6. The maximum absolute atomic E-state index is 11.1. The fourth-order valence-corrected chi connectivity index (χ4v) is 2.36. The molecule has 1 N–H and O–H groups in total. The lowest BCUT2D eigenvalue weighted by Gasteiger charge is -2.10. The molecular weight excluding hydrogens is 246 g/mol. The second-order valence-electron chi connectivity index (χ2n) is 4.88. The Hall–Kier alpha value is -1.92. The molecule has 2 aromatic rings. The van der Waals surface area contributed by atoms with Crippen molar-refractivity contribution in [2.75, 3.05) is 19.6 Å². The predicted molar refractivity (Wildman–Crippen MR) is 71.0 cm³/mol. The number of fused-ring (bicyclic) bond motifs is 1. The molecule has 1 aromatic carbocycles. The minimum Gasteiger partial charge on any atom is -0.388 e. The van der Waals surface area contributed by atoms with Crippen LogP contribution in [0.3, 0.4) is 0 Å². The van der Waals surface area contributed by atoms with Crippen LogP contribution in [0, 0.1) is 10.1 Å². The predicted octanol–water partition coefficient (Wildman–Crippen LogP) is 1.23. The number of rotatable bonds is 5. The van der Waals surface area contributed by atoms with Gasteiger partial charge in [-0.2, -0.15) is 0 Å². The first-order valence-corrected chi connectivity index (χ1v) is 6.28. The van der Waals surface area contributed by atoms with Gasteiger partial charge in [-0.15, -0.1) is 0 Å². The highest BCUT2D eigenvalue weighted by molar-refractivity contribution is 5.83. The molecule has 1 saturated heterocycles. The first-order chi connectivity index (χ1) is 9.15. The van der Waals surface area contributed by atoms with E-state index in [1.54, 1.807) is 10.6 Å². The third-order valence-electron chi connectivity index (χ3n) is 3.38. The maximum Gasteiger partial charge on any atom is 0.324 e. The van der Waals surface area contributed by atoms with Gasteiger partial charge in [-0.3, -0.25) is 4.90 Å². The first kappa shape index (κ1) is 12.1. The molecule has 0 bridgehead atoms. The summed E-state index contributed by atoms with van der Waals surface area (Å²) in [5.41, 5.74) is 0.791. The van der Waals surface area contributed by atoms with Gasteiger partial charge in [0.05, 0.1) is 0 Å². The molecule has 1 aliphatic rings. The number of β-amino-alcohol motifs (C(OH)–C–C–N with tert-alkyl or cyclic N) is 1. The van der Waals surface area contributed by atoms with Gasteiger partial charge in [-0.05, 0) is 11.0 Å². The van der Waals surface area contributed by atoms with Gasteiger partial charge in [0.1, 0.15) is 18.2 Å². The molecule has 2 heterocycles. The van der Waals surface area contributed by atoms with E-state index in [0.29, 0.717) is 6.54 Å². The normalized spacial score (nSPS) is 16.7. The Labute approximate surface area is 110 Å². The van der Waals surface area contributed by atoms with Crippen LogP contribution in [-0.4, -0.2) is 45.2 Å². The van der Waals surface area contributed by atoms with Crippen LogP contribution >= 0.6 is 0 Å². The number of hydrogen-bond donors (Lipinski definition) is 1. The summed E-state index contributed by atoms with van der Waals surface area (Å²) >= 11 is 0. The van der Waals surface area contributed by atoms with Crippen molar-refractivity contribution in [2.45, 2.75) is 12.6 Å². The van der Waals surface area contributed by atoms with E-state index in [-0.39, 0.29) is 12.4 Å². The topological polar surface area (TPSA) is 71.3 Å². The number of benzene rings is 1. The lowest BCUT2D eigenvalue weighted by Crippen LogP contribution is -2.25. The fraction of sp³-hybridized carbons (Fsp3) is 0.385. The van der Waals surface area contributed by atoms with Gasteiger partial charge >= 0.3 is 5.82 Å². The molecule has 0 spiro atoms. The van der Waals surface area contributed by atoms with E-state index in [9.17, 15) is 15.2 Å². The largest absolute Gasteiger partial charge is 0.388 e. The Kier molecular flexibility index (Phi) is 2.96. The van der Waals surface area contributed by atoms with Crippen LogP contribution < -0.4 is 0 Å². The molecule has 1 fully saturated rings. The van der Waals surface area contributed by atoms with Crippen molar-refractivity contribution < 1.29 is 10.0 Å². The minimum absolute atomic E-state index is 0.0334. The number of aliphatic hydroxyl groups excluding tert-OH is 1. The summed E-state index contributed by atoms with van der Waals surface area (Å²) in [4.78, 5) is 12.8. The monoisotopic (exact) mass is 261 g/mol. The van der Waals surface area contributed by atoms with E-state index in [0.717, 1.165) is 24.0 Å². The fourth-order valence-electron chi connectivity index (χ4n) is 2.36. The third kappa shape index (κ3) is 2.45. The Morgan fingerprint density at radius 2 is 2.05 bits per heavy atom. The van der Waals surface area contributed by atoms with Crippen molar-refractivity contribution in [3.63, 3.8) is 0 Å². The van der Waals surface area contributed by atoms with E-state index in [2.05, 4.69) is 4.90 Å². The van der Waals surface area contributed by atoms with Gasteiger partial charge in [0, 0.05) is 31.1 Å². The number of nitro groups is 1. The minimum atomic E-state index is -0.586. The zero-order chi connectivity index (χ0) is 13.4. The Bertz CT molecular complexity index is 619. The molecule has 0 unspecified atom stereocenters. The molecule has 100 valence electrons. The summed E-state index contributed by atoms with van der Waals surface area (Å²) in [5, 5.41) is 21.9. The molecule has 0 amide bonds. The van der Waals surface area contributed by atoms with Crippen molar-refractivity contribution in [1.82, 2.24) is 9.47 Å². The van der Waals surface area contributed by atoms with Crippen LogP contribution in [0.4, 0.5) is 5.82 Å². The SMILES string of the molecule is O=[N+]([O-])c1cc2ccccc2n1C[C@H](O)CN1CC1. The van der Waals surface area contributed by atoms with Gasteiger partial charge in [0.25, 0.3) is 0 Å². The molecule has 0 radical (unpaired) electrons. The summed E-state index contributed by atoms with van der Waals surface area (Å²) in [7, 11) is 0. The van der Waals surface area contributed by atoms with Gasteiger partial charge in [-0.25, -0.2) is 4.57 Å². The van der Waals surface area contributed by atoms with Crippen molar-refractivity contribution in [3.05, 3.63) is 40.4 Å². The molecule has 0 aliphatic carbocycles. The number of nitrogens with zero attached hydrogens (tertiary/aromatic N) is 3. The van der Waals surface area contributed by atoms with E-state index in [4.69, 9.17) is 0 Å². The van der Waals surface area contributed by atoms with E-state index >= 15 is 0 Å². The Morgan fingerprint density at radius 3 is 2.74 bits per heavy atom. The van der Waals surface area contributed by atoms with Crippen molar-refractivity contribution in [3.8, 4) is 0 Å². The van der Waals surface area contributed by atoms with Gasteiger partial charge < -0.3 is 15.2 Å². The van der Waals surface area contributed by atoms with Crippen LogP contribution in [0.25, 0.3) is 10.9 Å². The van der Waals surface area contributed by atoms with Crippen LogP contribution in [0.1, 0.15) is 0 Å². The zero-order valence-electron chi connectivity index (χ0n) is 10.4. The van der Waals surface area contributed by atoms with E-state index in [1.807, 2.05) is 24.3 Å². The van der Waals surface area contributed by atoms with Crippen LogP contribution in [0.5, 0.6) is 0 Å². The Morgan fingerprint density at radius 1 is 1.32 bits per heavy atom. The molecule has 19 heavy (non-hydrogen) atoms. The average molecular weight is 261 g/mol. The summed E-state index contributed by atoms with van der Waals surface area (Å²) in [6.07, 6.45) is -0.586. The molecule has 6 heteroatoms. The van der Waals surface area contributed by atoms with Gasteiger partial charge in [-0.1, -0.05) is 18.2 Å². The lowest BCUT2D eigenvalue weighted by atomic mass is 10.2. The second-order valence-corrected chi connectivity index (χ2v) is 4.88. The highest BCUT2D eigenvalue weighted by Gasteiger charge is 2.25. The average Bonchev–Trinajstić information content (AvgIpc) is 3.10. The molecule has 1 atom stereocenters. The first-order valence-electron chi connectivity index (χ1n) is 6.28. The summed E-state index contributed by atoms with van der Waals surface area (Å²) in [5.74, 6) is 0.0334. The molecule has 1 aromatic heterocycles. The van der Waals surface area contributed by atoms with Crippen LogP contribution in [0.2, 0.25) is 0 Å². The van der Waals surface area contributed by atoms with Crippen molar-refractivity contribution in [1.29, 1.82) is 0 Å². The van der Waals surface area contributed by atoms with E-state index in [1.165, 1.54) is 0 Å². The molecular formula is C13H15N3O3. The number of aliphatic hydroxyl groups is 1. The quantitative estimate of drug-likeness (QED) is 0.499. The van der Waals surface area contributed by atoms with Crippen LogP contribution in [-0.2, 0) is 6.54 Å². The standard InChI is InChI=1S/C13H15N3O3/c17-11(8-14-5-6-14)9-15-12-4-2-1-3-10(12)7-13(15)16(18)19/h1-4,7,11,17H,5-6,8-9H2/t11-/m1/s1. The van der Waals surface area contributed by atoms with Crippen molar-refractivity contribution >= 4 is 16.7 Å². The number of aromatic nitrogens is 1. The Balaban J connectivity index is 1.94. The second kappa shape index (κ2) is 4.64.